The number of halogens is 1. The maximum absolute atomic E-state index is 8.49. The number of nitrogens with one attached hydrogen (secondary N) is 2. The third-order valence-electron chi connectivity index (χ3n) is 2.20. The van der Waals surface area contributed by atoms with Crippen LogP contribution in [0.5, 0.6) is 0 Å². The average Bonchev–Trinajstić information content (AvgIpc) is 2.30. The van der Waals surface area contributed by atoms with Crippen LogP contribution in [0.2, 0.25) is 0 Å². The predicted octanol–water partition coefficient (Wildman–Crippen LogP) is -3.84. The Kier molecular flexibility index (Phi) is 14.8. The number of hydrogen-bond acceptors (Lipinski definition) is 7. The van der Waals surface area contributed by atoms with Crippen molar-refractivity contribution >= 4 is 5.71 Å². The molecule has 0 spiro atoms. The van der Waals surface area contributed by atoms with Crippen LogP contribution in [0.1, 0.15) is 13.8 Å². The number of nitrogens with zero attached hydrogens (tertiary/aromatic N) is 2. The van der Waals surface area contributed by atoms with Crippen LogP contribution in [-0.2, 0) is 17.1 Å². The zero-order valence-electron chi connectivity index (χ0n) is 12.0. The Bertz CT molecular complexity index is 318. The summed E-state index contributed by atoms with van der Waals surface area (Å²) < 4.78 is 34.0. The van der Waals surface area contributed by atoms with E-state index in [0.717, 1.165) is 50.7 Å². The van der Waals surface area contributed by atoms with Gasteiger partial charge in [0.2, 0.25) is 0 Å². The average molecular weight is 372 g/mol. The van der Waals surface area contributed by atoms with Gasteiger partial charge in [-0.2, -0.15) is 5.70 Å². The second-order valence-corrected chi connectivity index (χ2v) is 4.82. The van der Waals surface area contributed by atoms with Gasteiger partial charge in [-0.15, -0.1) is 16.8 Å². The molecule has 0 aromatic heterocycles. The number of allylic oxidation sites excluding steroid dienone is 2. The third-order valence-corrected chi connectivity index (χ3v) is 2.20. The van der Waals surface area contributed by atoms with Gasteiger partial charge in [0.15, 0.2) is 0 Å². The molecule has 127 valence electrons. The van der Waals surface area contributed by atoms with E-state index in [0.29, 0.717) is 0 Å². The van der Waals surface area contributed by atoms with E-state index in [4.69, 9.17) is 18.6 Å². The summed E-state index contributed by atoms with van der Waals surface area (Å²) in [6.45, 7) is 9.63. The Balaban J connectivity index is 0. The van der Waals surface area contributed by atoms with Crippen molar-refractivity contribution in [1.82, 2.24) is 10.6 Å². The summed E-state index contributed by atoms with van der Waals surface area (Å²) >= 11 is 0. The minimum Gasteiger partial charge on any atom is -0.687 e. The number of aliphatic imine (C=N–C) groups is 1. The molecule has 0 bridgehead atoms. The van der Waals surface area contributed by atoms with Crippen LogP contribution in [0.3, 0.4) is 0 Å². The summed E-state index contributed by atoms with van der Waals surface area (Å²) in [7, 11) is -4.94. The summed E-state index contributed by atoms with van der Waals surface area (Å²) in [6.07, 6.45) is 2.04. The Morgan fingerprint density at radius 1 is 1.05 bits per heavy atom. The molecule has 0 amide bonds. The maximum atomic E-state index is 8.49. The van der Waals surface area contributed by atoms with Crippen LogP contribution in [-0.4, -0.2) is 45.0 Å². The first-order chi connectivity index (χ1) is 9.29. The zero-order chi connectivity index (χ0) is 15.4. The van der Waals surface area contributed by atoms with Crippen LogP contribution in [0, 0.1) is 10.2 Å². The molecule has 0 unspecified atom stereocenters. The van der Waals surface area contributed by atoms with E-state index in [1.54, 1.807) is 0 Å². The smallest absolute Gasteiger partial charge is 0.687 e. The van der Waals surface area contributed by atoms with Gasteiger partial charge >= 0.3 is 17.1 Å². The summed E-state index contributed by atoms with van der Waals surface area (Å²) in [4.78, 5) is 4.44. The molecule has 1 aliphatic rings. The molecule has 1 aliphatic heterocycles. The fourth-order valence-electron chi connectivity index (χ4n) is 1.44. The van der Waals surface area contributed by atoms with Crippen molar-refractivity contribution in [3.63, 3.8) is 0 Å². The van der Waals surface area contributed by atoms with E-state index < -0.39 is 10.2 Å². The quantitative estimate of drug-likeness (QED) is 0.417. The standard InChI is InChI=1S/C11H21N4.ClHO4.Cu/c1-10-9-11(2)15-8-6-13-4-3-12-5-7-14-10;2-1(3,4)5;/h9,12-13H,3-8H2,1-2H3;(H,2,3,4,5);/q-1;;+2/p-1/b10-9-,15-11?;;. The van der Waals surface area contributed by atoms with Gasteiger partial charge in [0, 0.05) is 25.3 Å². The van der Waals surface area contributed by atoms with Crippen molar-refractivity contribution in [2.24, 2.45) is 4.99 Å². The molecule has 2 N–H and O–H groups in total. The van der Waals surface area contributed by atoms with Crippen molar-refractivity contribution in [1.29, 1.82) is 0 Å². The predicted molar refractivity (Wildman–Crippen MR) is 65.7 cm³/mol. The summed E-state index contributed by atoms with van der Waals surface area (Å²) in [6, 6.07) is 0. The Hall–Kier alpha value is -0.221. The molecular weight excluding hydrogens is 351 g/mol. The molecule has 0 aromatic carbocycles. The van der Waals surface area contributed by atoms with E-state index in [1.165, 1.54) is 0 Å². The van der Waals surface area contributed by atoms with Crippen LogP contribution in [0.15, 0.2) is 16.8 Å². The van der Waals surface area contributed by atoms with Gasteiger partial charge < -0.3 is 16.0 Å². The molecule has 0 atom stereocenters. The monoisotopic (exact) mass is 371 g/mol. The van der Waals surface area contributed by atoms with E-state index in [-0.39, 0.29) is 17.1 Å². The van der Waals surface area contributed by atoms with Gasteiger partial charge in [-0.25, -0.2) is 18.6 Å². The molecule has 10 heteroatoms. The molecule has 0 saturated heterocycles. The van der Waals surface area contributed by atoms with Crippen molar-refractivity contribution in [2.45, 2.75) is 13.8 Å². The summed E-state index contributed by atoms with van der Waals surface area (Å²) in [5, 5.41) is 11.1. The van der Waals surface area contributed by atoms with E-state index in [2.05, 4.69) is 20.9 Å². The number of rotatable bonds is 0. The topological polar surface area (TPSA) is 143 Å². The molecule has 0 aliphatic carbocycles. The summed E-state index contributed by atoms with van der Waals surface area (Å²) in [5.74, 6) is 0. The number of hydrogen-bond donors (Lipinski definition) is 2. The fraction of sp³-hybridized carbons (Fsp3) is 0.727. The molecule has 1 rings (SSSR count). The van der Waals surface area contributed by atoms with Crippen molar-refractivity contribution < 1.29 is 45.9 Å². The molecule has 0 fully saturated rings. The Morgan fingerprint density at radius 2 is 1.57 bits per heavy atom. The first-order valence-electron chi connectivity index (χ1n) is 6.19. The second kappa shape index (κ2) is 13.4. The van der Waals surface area contributed by atoms with E-state index in [1.807, 2.05) is 19.9 Å². The summed E-state index contributed by atoms with van der Waals surface area (Å²) in [5.41, 5.74) is 2.12. The van der Waals surface area contributed by atoms with Crippen molar-refractivity contribution in [2.75, 3.05) is 39.3 Å². The Labute approximate surface area is 137 Å². The molecule has 1 heterocycles. The normalized spacial score (nSPS) is 20.5. The minimum absolute atomic E-state index is 0. The van der Waals surface area contributed by atoms with Gasteiger partial charge in [-0.3, -0.25) is 4.99 Å². The van der Waals surface area contributed by atoms with Crippen LogP contribution >= 0.6 is 0 Å². The van der Waals surface area contributed by atoms with Crippen molar-refractivity contribution in [3.05, 3.63) is 17.1 Å². The van der Waals surface area contributed by atoms with Crippen molar-refractivity contribution in [3.8, 4) is 0 Å². The van der Waals surface area contributed by atoms with Gasteiger partial charge in [-0.05, 0) is 13.5 Å². The molecule has 1 radical (unpaired) electrons. The van der Waals surface area contributed by atoms with Gasteiger partial charge in [-0.1, -0.05) is 13.0 Å². The van der Waals surface area contributed by atoms with E-state index in [9.17, 15) is 0 Å². The SMILES string of the molecule is CC1=NCCNCCNCC[N-]/C(C)=C\1.[Cu+2].[O-][Cl+3]([O-])([O-])[O-]. The van der Waals surface area contributed by atoms with Crippen LogP contribution in [0.25, 0.3) is 5.32 Å². The van der Waals surface area contributed by atoms with Crippen LogP contribution in [0.4, 0.5) is 0 Å². The molecule has 0 saturated carbocycles. The Morgan fingerprint density at radius 3 is 2.14 bits per heavy atom. The van der Waals surface area contributed by atoms with E-state index >= 15 is 0 Å². The van der Waals surface area contributed by atoms with Gasteiger partial charge in [0.05, 0.1) is 6.54 Å². The molecule has 21 heavy (non-hydrogen) atoms. The maximum Gasteiger partial charge on any atom is 2.00 e. The molecule has 8 nitrogen and oxygen atoms in total. The van der Waals surface area contributed by atoms with Gasteiger partial charge in [0.25, 0.3) is 0 Å². The third kappa shape index (κ3) is 22.2. The van der Waals surface area contributed by atoms with Crippen LogP contribution < -0.4 is 29.3 Å². The molecule has 0 aromatic rings. The fourth-order valence-corrected chi connectivity index (χ4v) is 1.44. The zero-order valence-corrected chi connectivity index (χ0v) is 13.7. The minimum atomic E-state index is -4.94. The molecular formula is C11H21ClCuN4O4. The largest absolute Gasteiger partial charge is 2.00 e. The first-order valence-corrected chi connectivity index (χ1v) is 7.42. The first kappa shape index (κ1) is 23.1. The second-order valence-electron chi connectivity index (χ2n) is 4.07. The van der Waals surface area contributed by atoms with Gasteiger partial charge in [0.1, 0.15) is 0 Å².